The molecule has 0 N–H and O–H groups in total. The number of carbonyl (C=O) groups is 1. The minimum absolute atomic E-state index is 0.351. The van der Waals surface area contributed by atoms with E-state index in [1.165, 1.54) is 6.42 Å². The lowest BCUT2D eigenvalue weighted by Gasteiger charge is -2.45. The van der Waals surface area contributed by atoms with Crippen LogP contribution >= 0.6 is 11.8 Å². The maximum Gasteiger partial charge on any atom is 0.226 e. The maximum absolute atomic E-state index is 10.9. The van der Waals surface area contributed by atoms with Crippen molar-refractivity contribution in [2.45, 2.75) is 30.4 Å². The Kier molecular flexibility index (Phi) is 1.41. The summed E-state index contributed by atoms with van der Waals surface area (Å²) in [6.45, 7) is 3.24. The van der Waals surface area contributed by atoms with E-state index in [0.29, 0.717) is 11.3 Å². The van der Waals surface area contributed by atoms with Crippen LogP contribution in [-0.4, -0.2) is 28.0 Å². The second kappa shape index (κ2) is 2.16. The van der Waals surface area contributed by atoms with Crippen LogP contribution < -0.4 is 0 Å². The van der Waals surface area contributed by atoms with Crippen LogP contribution in [-0.2, 0) is 4.79 Å². The Balaban J connectivity index is 1.99. The van der Waals surface area contributed by atoms with Gasteiger partial charge in [0.1, 0.15) is 0 Å². The first-order valence-corrected chi connectivity index (χ1v) is 4.66. The second-order valence-electron chi connectivity index (χ2n) is 2.98. The van der Waals surface area contributed by atoms with E-state index in [2.05, 4.69) is 6.92 Å². The van der Waals surface area contributed by atoms with Gasteiger partial charge in [-0.05, 0) is 6.42 Å². The molecule has 2 saturated heterocycles. The highest BCUT2D eigenvalue weighted by Crippen LogP contribution is 2.37. The molecule has 2 nitrogen and oxygen atoms in total. The van der Waals surface area contributed by atoms with Gasteiger partial charge < -0.3 is 4.90 Å². The number of fused-ring (bicyclic) bond motifs is 1. The van der Waals surface area contributed by atoms with E-state index >= 15 is 0 Å². The van der Waals surface area contributed by atoms with Gasteiger partial charge >= 0.3 is 0 Å². The zero-order valence-electron chi connectivity index (χ0n) is 6.04. The fourth-order valence-electron chi connectivity index (χ4n) is 1.47. The van der Waals surface area contributed by atoms with E-state index in [1.54, 1.807) is 0 Å². The molecule has 1 amide bonds. The van der Waals surface area contributed by atoms with Crippen LogP contribution in [0.1, 0.15) is 19.8 Å². The molecule has 1 unspecified atom stereocenters. The van der Waals surface area contributed by atoms with E-state index in [-0.39, 0.29) is 0 Å². The van der Waals surface area contributed by atoms with Gasteiger partial charge in [-0.15, -0.1) is 11.8 Å². The number of amides is 1. The number of rotatable bonds is 0. The van der Waals surface area contributed by atoms with Gasteiger partial charge in [-0.25, -0.2) is 0 Å². The predicted octanol–water partition coefficient (Wildman–Crippen LogP) is 1.07. The normalized spacial score (nSPS) is 38.9. The van der Waals surface area contributed by atoms with Gasteiger partial charge in [0, 0.05) is 11.8 Å². The third kappa shape index (κ3) is 0.839. The number of nitrogens with zero attached hydrogens (tertiary/aromatic N) is 1. The van der Waals surface area contributed by atoms with Crippen LogP contribution in [0.3, 0.4) is 0 Å². The van der Waals surface area contributed by atoms with E-state index in [0.717, 1.165) is 18.2 Å². The molecule has 0 aliphatic carbocycles. The Morgan fingerprint density at radius 3 is 3.10 bits per heavy atom. The Morgan fingerprint density at radius 1 is 1.70 bits per heavy atom. The monoisotopic (exact) mass is 157 g/mol. The molecule has 2 fully saturated rings. The number of carbonyl (C=O) groups excluding carboxylic acids is 1. The molecule has 2 heterocycles. The molecule has 2 rings (SSSR count). The number of hydrogen-bond acceptors (Lipinski definition) is 2. The minimum atomic E-state index is 0.351. The predicted molar refractivity (Wildman–Crippen MR) is 41.8 cm³/mol. The zero-order chi connectivity index (χ0) is 7.14. The summed E-state index contributed by atoms with van der Waals surface area (Å²) in [4.78, 5) is 12.9. The van der Waals surface area contributed by atoms with Crippen molar-refractivity contribution in [3.05, 3.63) is 0 Å². The highest BCUT2D eigenvalue weighted by atomic mass is 32.2. The van der Waals surface area contributed by atoms with E-state index in [4.69, 9.17) is 0 Å². The molecule has 0 aromatic heterocycles. The van der Waals surface area contributed by atoms with Crippen LogP contribution in [0.2, 0.25) is 0 Å². The van der Waals surface area contributed by atoms with Crippen molar-refractivity contribution < 1.29 is 4.79 Å². The van der Waals surface area contributed by atoms with Crippen LogP contribution in [0.15, 0.2) is 0 Å². The smallest absolute Gasteiger partial charge is 0.226 e. The fraction of sp³-hybridized carbons (Fsp3) is 0.857. The SMILES string of the molecule is CC1CCN2C(=O)C[C@H]2S1. The van der Waals surface area contributed by atoms with E-state index in [1.807, 2.05) is 16.7 Å². The Labute approximate surface area is 65.0 Å². The van der Waals surface area contributed by atoms with Gasteiger partial charge in [-0.1, -0.05) is 6.92 Å². The Hall–Kier alpha value is -0.180. The molecule has 0 saturated carbocycles. The summed E-state index contributed by atoms with van der Waals surface area (Å²) in [6.07, 6.45) is 1.96. The van der Waals surface area contributed by atoms with Crippen LogP contribution in [0, 0.1) is 0 Å². The first kappa shape index (κ1) is 6.53. The summed E-state index contributed by atoms with van der Waals surface area (Å²) in [5.74, 6) is 0.351. The summed E-state index contributed by atoms with van der Waals surface area (Å²) < 4.78 is 0. The van der Waals surface area contributed by atoms with Gasteiger partial charge in [-0.3, -0.25) is 4.79 Å². The minimum Gasteiger partial charge on any atom is -0.330 e. The van der Waals surface area contributed by atoms with Crippen molar-refractivity contribution in [2.75, 3.05) is 6.54 Å². The average molecular weight is 157 g/mol. The second-order valence-corrected chi connectivity index (χ2v) is 4.60. The standard InChI is InChI=1S/C7H11NOS/c1-5-2-3-8-6(9)4-7(8)10-5/h5,7H,2-4H2,1H3/t5?,7-/m1/s1. The highest BCUT2D eigenvalue weighted by molar-refractivity contribution is 8.00. The molecule has 0 bridgehead atoms. The third-order valence-corrected chi connectivity index (χ3v) is 3.62. The van der Waals surface area contributed by atoms with Gasteiger partial charge in [0.2, 0.25) is 5.91 Å². The molecule has 2 aliphatic heterocycles. The lowest BCUT2D eigenvalue weighted by atomic mass is 10.1. The zero-order valence-corrected chi connectivity index (χ0v) is 6.86. The maximum atomic E-state index is 10.9. The van der Waals surface area contributed by atoms with Crippen molar-refractivity contribution in [1.29, 1.82) is 0 Å². The summed E-state index contributed by atoms with van der Waals surface area (Å²) in [6, 6.07) is 0. The van der Waals surface area contributed by atoms with Crippen LogP contribution in [0.4, 0.5) is 0 Å². The van der Waals surface area contributed by atoms with Crippen LogP contribution in [0.25, 0.3) is 0 Å². The number of β-lactam (4-membered cyclic amide) rings is 1. The van der Waals surface area contributed by atoms with E-state index in [9.17, 15) is 4.79 Å². The summed E-state index contributed by atoms with van der Waals surface area (Å²) in [7, 11) is 0. The Morgan fingerprint density at radius 2 is 2.50 bits per heavy atom. The molecule has 56 valence electrons. The van der Waals surface area contributed by atoms with Crippen molar-refractivity contribution in [3.8, 4) is 0 Å². The summed E-state index contributed by atoms with van der Waals surface area (Å²) >= 11 is 1.94. The highest BCUT2D eigenvalue weighted by Gasteiger charge is 2.39. The number of hydrogen-bond donors (Lipinski definition) is 0. The molecule has 0 aromatic carbocycles. The number of thioether (sulfide) groups is 1. The van der Waals surface area contributed by atoms with Gasteiger partial charge in [0.15, 0.2) is 0 Å². The van der Waals surface area contributed by atoms with Crippen molar-refractivity contribution in [2.24, 2.45) is 0 Å². The lowest BCUT2D eigenvalue weighted by Crippen LogP contribution is -2.54. The quantitative estimate of drug-likeness (QED) is 0.490. The molecule has 10 heavy (non-hydrogen) atoms. The molecule has 0 aromatic rings. The van der Waals surface area contributed by atoms with Crippen molar-refractivity contribution in [1.82, 2.24) is 4.90 Å². The summed E-state index contributed by atoms with van der Waals surface area (Å²) in [5, 5.41) is 1.30. The first-order chi connectivity index (χ1) is 4.77. The van der Waals surface area contributed by atoms with Crippen LogP contribution in [0.5, 0.6) is 0 Å². The molecule has 0 spiro atoms. The summed E-state index contributed by atoms with van der Waals surface area (Å²) in [5.41, 5.74) is 0. The Bertz CT molecular complexity index is 171. The first-order valence-electron chi connectivity index (χ1n) is 3.72. The third-order valence-electron chi connectivity index (χ3n) is 2.18. The molecule has 0 radical (unpaired) electrons. The van der Waals surface area contributed by atoms with Gasteiger partial charge in [0.25, 0.3) is 0 Å². The van der Waals surface area contributed by atoms with E-state index < -0.39 is 0 Å². The van der Waals surface area contributed by atoms with Gasteiger partial charge in [-0.2, -0.15) is 0 Å². The van der Waals surface area contributed by atoms with Crippen molar-refractivity contribution >= 4 is 17.7 Å². The average Bonchev–Trinajstić information content (AvgIpc) is 1.86. The molecule has 2 aliphatic rings. The molecular formula is C7H11NOS. The largest absolute Gasteiger partial charge is 0.330 e. The fourth-order valence-corrected chi connectivity index (χ4v) is 2.86. The molecular weight excluding hydrogens is 146 g/mol. The van der Waals surface area contributed by atoms with Crippen molar-refractivity contribution in [3.63, 3.8) is 0 Å². The van der Waals surface area contributed by atoms with Gasteiger partial charge in [0.05, 0.1) is 11.8 Å². The topological polar surface area (TPSA) is 20.3 Å². The molecule has 3 heteroatoms. The lowest BCUT2D eigenvalue weighted by molar-refractivity contribution is -0.141. The molecule has 2 atom stereocenters.